The van der Waals surface area contributed by atoms with Crippen LogP contribution in [0.25, 0.3) is 66.3 Å². The van der Waals surface area contributed by atoms with Crippen molar-refractivity contribution in [1.82, 2.24) is 39.3 Å². The van der Waals surface area contributed by atoms with Gasteiger partial charge in [-0.3, -0.25) is 37.9 Å². The predicted octanol–water partition coefficient (Wildman–Crippen LogP) is 14.9. The minimum atomic E-state index is -1.43. The van der Waals surface area contributed by atoms with Crippen LogP contribution in [-0.4, -0.2) is 107 Å². The fraction of sp³-hybridized carbons (Fsp3) is 0.217. The summed E-state index contributed by atoms with van der Waals surface area (Å²) in [4.78, 5) is 92.1. The lowest BCUT2D eigenvalue weighted by Gasteiger charge is -2.24. The van der Waals surface area contributed by atoms with E-state index >= 15 is 4.39 Å². The molecule has 502 valence electrons. The molecule has 0 bridgehead atoms. The van der Waals surface area contributed by atoms with Gasteiger partial charge in [-0.25, -0.2) is 37.5 Å². The predicted molar refractivity (Wildman–Crippen MR) is 384 cm³/mol. The first-order chi connectivity index (χ1) is 44.3. The number of aromatic nitrogens is 6. The zero-order valence-corrected chi connectivity index (χ0v) is 55.5. The van der Waals surface area contributed by atoms with E-state index in [1.165, 1.54) is 40.0 Å². The van der Waals surface area contributed by atoms with Crippen LogP contribution in [0.15, 0.2) is 159 Å². The Morgan fingerprint density at radius 2 is 1.06 bits per heavy atom. The van der Waals surface area contributed by atoms with Crippen molar-refractivity contribution in [3.05, 3.63) is 197 Å². The summed E-state index contributed by atoms with van der Waals surface area (Å²) in [6.07, 6.45) is 7.91. The van der Waals surface area contributed by atoms with E-state index in [1.807, 2.05) is 43.3 Å². The molecule has 0 aliphatic carbocycles. The van der Waals surface area contributed by atoms with Gasteiger partial charge < -0.3 is 26.2 Å². The van der Waals surface area contributed by atoms with E-state index in [9.17, 15) is 41.9 Å². The summed E-state index contributed by atoms with van der Waals surface area (Å²) >= 11 is 19.7. The van der Waals surface area contributed by atoms with Gasteiger partial charge in [-0.2, -0.15) is 13.5 Å². The number of amides is 4. The second-order valence-corrected chi connectivity index (χ2v) is 22.2. The van der Waals surface area contributed by atoms with Gasteiger partial charge in [-0.1, -0.05) is 123 Å². The van der Waals surface area contributed by atoms with Crippen LogP contribution in [0.3, 0.4) is 0 Å². The summed E-state index contributed by atoms with van der Waals surface area (Å²) in [6.45, 7) is 6.37. The van der Waals surface area contributed by atoms with Crippen molar-refractivity contribution in [3.8, 4) is 44.5 Å². The number of anilines is 3. The fourth-order valence-corrected chi connectivity index (χ4v) is 11.2. The third-order valence-corrected chi connectivity index (χ3v) is 15.9. The summed E-state index contributed by atoms with van der Waals surface area (Å²) in [6, 6.07) is 32.2. The lowest BCUT2D eigenvalue weighted by atomic mass is 10.0. The van der Waals surface area contributed by atoms with Crippen molar-refractivity contribution in [2.24, 2.45) is 0 Å². The van der Waals surface area contributed by atoms with E-state index < -0.39 is 53.8 Å². The number of hydrogen-bond acceptors (Lipinski definition) is 13. The average molecular weight is 1430 g/mol. The molecule has 17 nitrogen and oxygen atoms in total. The highest BCUT2D eigenvalue weighted by molar-refractivity contribution is 8.07. The third-order valence-electron chi connectivity index (χ3n) is 15.3. The summed E-state index contributed by atoms with van der Waals surface area (Å²) in [5.74, 6) is -1.93. The molecule has 27 heteroatoms. The maximum Gasteiger partial charge on any atom is 0.247 e. The van der Waals surface area contributed by atoms with Gasteiger partial charge in [0, 0.05) is 147 Å². The largest absolute Gasteiger partial charge is 0.327 e. The first-order valence-electron chi connectivity index (χ1n) is 28.5. The van der Waals surface area contributed by atoms with Crippen LogP contribution in [-0.2, 0) is 48.0 Å². The van der Waals surface area contributed by atoms with Gasteiger partial charge in [-0.15, -0.1) is 12.4 Å². The number of nitrogens with one attached hydrogen (secondary N) is 4. The molecule has 4 amide bonds. The summed E-state index contributed by atoms with van der Waals surface area (Å²) in [5.41, 5.74) is 7.27. The Morgan fingerprint density at radius 3 is 1.53 bits per heavy atom. The average Bonchev–Trinajstić information content (AvgIpc) is 1.60. The Morgan fingerprint density at radius 1 is 0.604 bits per heavy atom. The molecule has 0 saturated carbocycles. The minimum Gasteiger partial charge on any atom is -0.327 e. The Labute approximate surface area is 585 Å². The van der Waals surface area contributed by atoms with E-state index in [0.717, 1.165) is 33.2 Å². The van der Waals surface area contributed by atoms with Crippen LogP contribution in [0.4, 0.5) is 34.6 Å². The SMILES string of the molecule is C.C.CC(=O)n1cc(CC(=O)N2C[C@H](F)C[C@H]2C(=O)Nc2cccc(-c3ccccc3Cl)c2F)c2ccc(-c3cnc(C)nc3)cc21.CC(=O)n1cc(NC=O)c2ccc(-c3cnc(C)nc3)cc21.Cl.O=C(Nc1cccc(-c2ccccc2Cl)c1F)[C@@H]1C[C@@H](F)CN1.S.S=S. The topological polar surface area (TPSA) is 215 Å². The number of hydrogen-bond donors (Lipinski definition) is 4. The second-order valence-electron chi connectivity index (χ2n) is 21.4. The maximum atomic E-state index is 15.5. The number of nitrogens with zero attached hydrogens (tertiary/aromatic N) is 7. The van der Waals surface area contributed by atoms with Crippen LogP contribution in [0.1, 0.15) is 68.3 Å². The molecule has 2 saturated heterocycles. The normalized spacial score (nSPS) is 15.0. The highest BCUT2D eigenvalue weighted by Gasteiger charge is 2.40. The molecule has 96 heavy (non-hydrogen) atoms. The van der Waals surface area contributed by atoms with E-state index in [1.54, 1.807) is 117 Å². The quantitative estimate of drug-likeness (QED) is 0.0662. The van der Waals surface area contributed by atoms with Crippen molar-refractivity contribution >= 4 is 146 Å². The summed E-state index contributed by atoms with van der Waals surface area (Å²) in [5, 5.41) is 12.7. The van der Waals surface area contributed by atoms with Crippen LogP contribution in [0.2, 0.25) is 10.0 Å². The summed E-state index contributed by atoms with van der Waals surface area (Å²) < 4.78 is 61.0. The zero-order chi connectivity index (χ0) is 65.9. The van der Waals surface area contributed by atoms with Crippen LogP contribution in [0, 0.1) is 25.5 Å². The second kappa shape index (κ2) is 35.2. The molecule has 2 aliphatic heterocycles. The lowest BCUT2D eigenvalue weighted by molar-refractivity contribution is -0.136. The number of likely N-dealkylation sites (tertiary alicyclic amines) is 1. The molecule has 0 radical (unpaired) electrons. The lowest BCUT2D eigenvalue weighted by Crippen LogP contribution is -2.44. The minimum absolute atomic E-state index is 0. The number of benzene rings is 6. The van der Waals surface area contributed by atoms with Crippen molar-refractivity contribution in [1.29, 1.82) is 0 Å². The van der Waals surface area contributed by atoms with Gasteiger partial charge in [0.15, 0.2) is 11.6 Å². The highest BCUT2D eigenvalue weighted by Crippen LogP contribution is 2.36. The van der Waals surface area contributed by atoms with Crippen molar-refractivity contribution < 1.29 is 46.3 Å². The number of aryl methyl sites for hydroxylation is 2. The molecule has 6 aromatic carbocycles. The molecule has 6 heterocycles. The first kappa shape index (κ1) is 77.8. The fourth-order valence-electron chi connectivity index (χ4n) is 10.7. The third kappa shape index (κ3) is 18.0. The molecular weight excluding hydrogens is 1360 g/mol. The standard InChI is InChI=1S/C34H28ClF2N5O3.C17H15ClF2N2O.C16H14N4O2.2CH4.ClH.S2.H2S/c1-19-38-15-23(16-39-19)21-10-11-25-22(17-41(20(2)43)30(25)12-21)13-32(44)42-18-24(36)14-31(42)34(45)40-29-9-5-7-27(33(29)37)26-6-3-4-8-28(26)35;18-13-6-2-1-4-11(13)12-5-3-7-14(16(12)20)22-17(23)15-8-10(19)9-21-15;1-10-17-6-13(7-18-10)12-3-4-14-15(19-9-21)8-20(11(2)22)16(14)5-12;;;;1-2;/h3-12,15-17,24,31H,13-14,18H2,1-2H3,(H,40,45);1-7,10,15,21H,8-9H2,(H,22,23);3-9H,1-2H3,(H,19,21);2*1H4;1H;;1H2/t24-,31+;10-,15+;;;;;;/m11....../s1. The van der Waals surface area contributed by atoms with Crippen LogP contribution >= 0.6 is 49.1 Å². The van der Waals surface area contributed by atoms with E-state index in [4.69, 9.17) is 23.2 Å². The summed E-state index contributed by atoms with van der Waals surface area (Å²) in [7, 11) is 0. The number of alkyl halides is 2. The molecule has 4 aromatic heterocycles. The number of fused-ring (bicyclic) bond motifs is 2. The van der Waals surface area contributed by atoms with Crippen LogP contribution < -0.4 is 21.3 Å². The van der Waals surface area contributed by atoms with E-state index in [2.05, 4.69) is 63.6 Å². The molecule has 12 rings (SSSR count). The van der Waals surface area contributed by atoms with Crippen LogP contribution in [0.5, 0.6) is 0 Å². The molecular formula is C69H68Cl3F4N11O6S3. The molecule has 10 aromatic rings. The molecule has 0 spiro atoms. The van der Waals surface area contributed by atoms with Crippen molar-refractivity contribution in [2.45, 2.75) is 86.2 Å². The van der Waals surface area contributed by atoms with E-state index in [0.29, 0.717) is 66.9 Å². The zero-order valence-electron chi connectivity index (χ0n) is 50.5. The highest BCUT2D eigenvalue weighted by atomic mass is 35.5. The molecule has 0 unspecified atom stereocenters. The number of carbonyl (C=O) groups excluding carboxylic acids is 6. The van der Waals surface area contributed by atoms with Crippen molar-refractivity contribution in [3.63, 3.8) is 0 Å². The number of carbonyl (C=O) groups is 6. The molecule has 2 aliphatic rings. The van der Waals surface area contributed by atoms with Gasteiger partial charge >= 0.3 is 0 Å². The molecule has 4 N–H and O–H groups in total. The van der Waals surface area contributed by atoms with Gasteiger partial charge in [0.1, 0.15) is 30.0 Å². The van der Waals surface area contributed by atoms with E-state index in [-0.39, 0.29) is 102 Å². The van der Waals surface area contributed by atoms with Gasteiger partial charge in [0.25, 0.3) is 0 Å². The Balaban J connectivity index is 0.000000276. The molecule has 2 fully saturated rings. The maximum absolute atomic E-state index is 15.5. The smallest absolute Gasteiger partial charge is 0.247 e. The monoisotopic (exact) mass is 1420 g/mol. The Kier molecular flexibility index (Phi) is 28.5. The van der Waals surface area contributed by atoms with Gasteiger partial charge in [0.2, 0.25) is 35.9 Å². The van der Waals surface area contributed by atoms with Gasteiger partial charge in [-0.05, 0) is 66.9 Å². The molecule has 4 atom stereocenters. The number of rotatable bonds is 12. The van der Waals surface area contributed by atoms with Crippen molar-refractivity contribution in [2.75, 3.05) is 29.0 Å². The Hall–Kier alpha value is -8.88. The Bertz CT molecular complexity index is 4440. The first-order valence-corrected chi connectivity index (χ1v) is 30.6. The number of halogens is 7. The van der Waals surface area contributed by atoms with Gasteiger partial charge in [0.05, 0.1) is 47.1 Å².